The van der Waals surface area contributed by atoms with Crippen LogP contribution in [0.2, 0.25) is 0 Å². The fraction of sp³-hybridized carbons (Fsp3) is 0.375. The molecule has 0 spiro atoms. The minimum Gasteiger partial charge on any atom is -0.317 e. The normalized spacial score (nSPS) is 15.7. The van der Waals surface area contributed by atoms with Gasteiger partial charge in [-0.05, 0) is 62.5 Å². The van der Waals surface area contributed by atoms with Gasteiger partial charge < -0.3 is 5.32 Å². The Morgan fingerprint density at radius 1 is 1.41 bits per heavy atom. The second-order valence-electron chi connectivity index (χ2n) is 5.51. The smallest absolute Gasteiger partial charge is 0.257 e. The molecular formula is C16H18FN3OS. The maximum Gasteiger partial charge on any atom is 0.257 e. The van der Waals surface area contributed by atoms with Crippen molar-refractivity contribution in [1.29, 1.82) is 0 Å². The molecule has 2 N–H and O–H groups in total. The third-order valence-corrected chi connectivity index (χ3v) is 4.99. The topological polar surface area (TPSA) is 54.0 Å². The molecule has 1 saturated heterocycles. The fourth-order valence-electron chi connectivity index (χ4n) is 2.69. The molecule has 116 valence electrons. The van der Waals surface area contributed by atoms with Crippen molar-refractivity contribution in [3.05, 3.63) is 46.2 Å². The highest BCUT2D eigenvalue weighted by Gasteiger charge is 2.19. The van der Waals surface area contributed by atoms with Crippen LogP contribution in [0.3, 0.4) is 0 Å². The zero-order valence-corrected chi connectivity index (χ0v) is 13.2. The molecule has 1 fully saturated rings. The van der Waals surface area contributed by atoms with Gasteiger partial charge in [-0.1, -0.05) is 0 Å². The van der Waals surface area contributed by atoms with Crippen LogP contribution in [0.5, 0.6) is 0 Å². The van der Waals surface area contributed by atoms with Crippen molar-refractivity contribution in [3.63, 3.8) is 0 Å². The monoisotopic (exact) mass is 319 g/mol. The number of benzene rings is 1. The standard InChI is InChI=1S/C16H18FN3OS/c1-10-8-12(17)2-3-13(10)15(21)20-16-19-9-14(22-16)11-4-6-18-7-5-11/h2-3,8-9,11,18H,4-7H2,1H3,(H,19,20,21). The van der Waals surface area contributed by atoms with Gasteiger partial charge in [-0.25, -0.2) is 9.37 Å². The lowest BCUT2D eigenvalue weighted by Gasteiger charge is -2.20. The number of nitrogens with zero attached hydrogens (tertiary/aromatic N) is 1. The summed E-state index contributed by atoms with van der Waals surface area (Å²) < 4.78 is 13.1. The number of amides is 1. The Morgan fingerprint density at radius 2 is 2.18 bits per heavy atom. The maximum absolute atomic E-state index is 13.1. The van der Waals surface area contributed by atoms with Crippen molar-refractivity contribution in [2.45, 2.75) is 25.7 Å². The van der Waals surface area contributed by atoms with E-state index in [9.17, 15) is 9.18 Å². The van der Waals surface area contributed by atoms with Crippen LogP contribution < -0.4 is 10.6 Å². The Morgan fingerprint density at radius 3 is 2.91 bits per heavy atom. The number of nitrogens with one attached hydrogen (secondary N) is 2. The Labute approximate surface area is 132 Å². The number of hydrogen-bond donors (Lipinski definition) is 2. The lowest BCUT2D eigenvalue weighted by atomic mass is 9.97. The van der Waals surface area contributed by atoms with Crippen LogP contribution in [-0.4, -0.2) is 24.0 Å². The van der Waals surface area contributed by atoms with Crippen LogP contribution >= 0.6 is 11.3 Å². The van der Waals surface area contributed by atoms with Gasteiger partial charge in [0.2, 0.25) is 0 Å². The van der Waals surface area contributed by atoms with Gasteiger partial charge >= 0.3 is 0 Å². The minimum absolute atomic E-state index is 0.247. The van der Waals surface area contributed by atoms with Crippen LogP contribution in [0.1, 0.15) is 39.6 Å². The lowest BCUT2D eigenvalue weighted by molar-refractivity contribution is 0.102. The van der Waals surface area contributed by atoms with Crippen LogP contribution in [0.15, 0.2) is 24.4 Å². The molecule has 1 aromatic carbocycles. The molecule has 2 aromatic rings. The SMILES string of the molecule is Cc1cc(F)ccc1C(=O)Nc1ncc(C2CCNCC2)s1. The fourth-order valence-corrected chi connectivity index (χ4v) is 3.67. The number of aromatic nitrogens is 1. The number of rotatable bonds is 3. The van der Waals surface area contributed by atoms with Gasteiger partial charge in [0.05, 0.1) is 0 Å². The van der Waals surface area contributed by atoms with Gasteiger partial charge in [-0.2, -0.15) is 0 Å². The van der Waals surface area contributed by atoms with E-state index in [1.807, 2.05) is 6.20 Å². The Bertz CT molecular complexity index is 680. The molecular weight excluding hydrogens is 301 g/mol. The van der Waals surface area contributed by atoms with Crippen LogP contribution in [0, 0.1) is 12.7 Å². The molecule has 0 saturated carbocycles. The van der Waals surface area contributed by atoms with E-state index in [1.54, 1.807) is 6.92 Å². The minimum atomic E-state index is -0.337. The lowest BCUT2D eigenvalue weighted by Crippen LogP contribution is -2.26. The molecule has 0 bridgehead atoms. The van der Waals surface area contributed by atoms with Gasteiger partial charge in [0.1, 0.15) is 5.82 Å². The third kappa shape index (κ3) is 3.34. The predicted molar refractivity (Wildman–Crippen MR) is 86.0 cm³/mol. The summed E-state index contributed by atoms with van der Waals surface area (Å²) >= 11 is 1.53. The van der Waals surface area contributed by atoms with Crippen LogP contribution in [0.25, 0.3) is 0 Å². The van der Waals surface area contributed by atoms with Gasteiger partial charge in [0.25, 0.3) is 5.91 Å². The van der Waals surface area contributed by atoms with Crippen molar-refractivity contribution in [3.8, 4) is 0 Å². The first-order valence-corrected chi connectivity index (χ1v) is 8.19. The van der Waals surface area contributed by atoms with Gasteiger partial charge in [0, 0.05) is 16.6 Å². The first kappa shape index (κ1) is 15.1. The number of anilines is 1. The molecule has 4 nitrogen and oxygen atoms in total. The summed E-state index contributed by atoms with van der Waals surface area (Å²) in [5, 5.41) is 6.75. The molecule has 1 aromatic heterocycles. The van der Waals surface area contributed by atoms with Gasteiger partial charge in [0.15, 0.2) is 5.13 Å². The Kier molecular flexibility index (Phi) is 4.49. The number of halogens is 1. The highest BCUT2D eigenvalue weighted by atomic mass is 32.1. The summed E-state index contributed by atoms with van der Waals surface area (Å²) in [6, 6.07) is 4.16. The van der Waals surface area contributed by atoms with E-state index in [0.29, 0.717) is 22.2 Å². The number of hydrogen-bond acceptors (Lipinski definition) is 4. The van der Waals surface area contributed by atoms with E-state index in [4.69, 9.17) is 0 Å². The van der Waals surface area contributed by atoms with Crippen molar-refractivity contribution in [2.24, 2.45) is 0 Å². The molecule has 1 aliphatic rings. The van der Waals surface area contributed by atoms with Crippen LogP contribution in [-0.2, 0) is 0 Å². The summed E-state index contributed by atoms with van der Waals surface area (Å²) in [5.74, 6) is -0.0582. The van der Waals surface area contributed by atoms with E-state index in [1.165, 1.54) is 34.4 Å². The van der Waals surface area contributed by atoms with E-state index in [0.717, 1.165) is 25.9 Å². The zero-order valence-electron chi connectivity index (χ0n) is 12.4. The Hall–Kier alpha value is -1.79. The Balaban J connectivity index is 1.70. The quantitative estimate of drug-likeness (QED) is 0.912. The summed E-state index contributed by atoms with van der Waals surface area (Å²) in [6.07, 6.45) is 4.06. The average molecular weight is 319 g/mol. The van der Waals surface area contributed by atoms with Crippen molar-refractivity contribution < 1.29 is 9.18 Å². The number of aryl methyl sites for hydroxylation is 1. The second kappa shape index (κ2) is 6.54. The van der Waals surface area contributed by atoms with Crippen LogP contribution in [0.4, 0.5) is 9.52 Å². The first-order chi connectivity index (χ1) is 10.6. The molecule has 0 aliphatic carbocycles. The zero-order chi connectivity index (χ0) is 15.5. The van der Waals surface area contributed by atoms with Gasteiger partial charge in [-0.3, -0.25) is 10.1 Å². The van der Waals surface area contributed by atoms with E-state index in [2.05, 4.69) is 15.6 Å². The molecule has 6 heteroatoms. The van der Waals surface area contributed by atoms with Crippen molar-refractivity contribution >= 4 is 22.4 Å². The van der Waals surface area contributed by atoms with E-state index >= 15 is 0 Å². The summed E-state index contributed by atoms with van der Waals surface area (Å²) in [5.41, 5.74) is 1.09. The third-order valence-electron chi connectivity index (χ3n) is 3.92. The number of carbonyl (C=O) groups is 1. The summed E-state index contributed by atoms with van der Waals surface area (Å²) in [6.45, 7) is 3.78. The van der Waals surface area contributed by atoms with Gasteiger partial charge in [-0.15, -0.1) is 11.3 Å². The largest absolute Gasteiger partial charge is 0.317 e. The maximum atomic E-state index is 13.1. The van der Waals surface area contributed by atoms with E-state index in [-0.39, 0.29) is 11.7 Å². The number of piperidine rings is 1. The molecule has 2 heterocycles. The average Bonchev–Trinajstić information content (AvgIpc) is 2.96. The molecule has 22 heavy (non-hydrogen) atoms. The number of thiazole rings is 1. The molecule has 0 radical (unpaired) electrons. The molecule has 3 rings (SSSR count). The highest BCUT2D eigenvalue weighted by Crippen LogP contribution is 2.31. The number of carbonyl (C=O) groups excluding carboxylic acids is 1. The highest BCUT2D eigenvalue weighted by molar-refractivity contribution is 7.15. The molecule has 0 atom stereocenters. The molecule has 0 unspecified atom stereocenters. The molecule has 1 aliphatic heterocycles. The van der Waals surface area contributed by atoms with Crippen molar-refractivity contribution in [1.82, 2.24) is 10.3 Å². The summed E-state index contributed by atoms with van der Waals surface area (Å²) in [4.78, 5) is 17.8. The first-order valence-electron chi connectivity index (χ1n) is 7.37. The molecule has 1 amide bonds. The summed E-state index contributed by atoms with van der Waals surface area (Å²) in [7, 11) is 0. The van der Waals surface area contributed by atoms with E-state index < -0.39 is 0 Å². The predicted octanol–water partition coefficient (Wildman–Crippen LogP) is 3.31. The van der Waals surface area contributed by atoms with Crippen molar-refractivity contribution in [2.75, 3.05) is 18.4 Å². The second-order valence-corrected chi connectivity index (χ2v) is 6.57.